The summed E-state index contributed by atoms with van der Waals surface area (Å²) in [5.41, 5.74) is 1.79. The second kappa shape index (κ2) is 10.2. The molecule has 1 unspecified atom stereocenters. The second-order valence-electron chi connectivity index (χ2n) is 7.11. The molecule has 8 heteroatoms. The van der Waals surface area contributed by atoms with Gasteiger partial charge in [0.25, 0.3) is 0 Å². The summed E-state index contributed by atoms with van der Waals surface area (Å²) in [5, 5.41) is 6.46. The smallest absolute Gasteiger partial charge is 0.338 e. The highest BCUT2D eigenvalue weighted by Gasteiger charge is 2.31. The maximum Gasteiger partial charge on any atom is 0.338 e. The summed E-state index contributed by atoms with van der Waals surface area (Å²) < 4.78 is 16.1. The van der Waals surface area contributed by atoms with Gasteiger partial charge in [-0.3, -0.25) is 4.79 Å². The Morgan fingerprint density at radius 2 is 1.97 bits per heavy atom. The number of hydrogen-bond donors (Lipinski definition) is 2. The molecule has 29 heavy (non-hydrogen) atoms. The number of rotatable bonds is 8. The van der Waals surface area contributed by atoms with Crippen LogP contribution >= 0.6 is 12.2 Å². The highest BCUT2D eigenvalue weighted by atomic mass is 32.1. The Hall–Kier alpha value is -2.61. The minimum Gasteiger partial charge on any atom is -0.493 e. The van der Waals surface area contributed by atoms with Crippen LogP contribution in [0, 0.1) is 5.92 Å². The van der Waals surface area contributed by atoms with E-state index in [1.54, 1.807) is 32.0 Å². The highest BCUT2D eigenvalue weighted by molar-refractivity contribution is 7.80. The summed E-state index contributed by atoms with van der Waals surface area (Å²) in [6, 6.07) is 4.64. The molecular weight excluding hydrogens is 392 g/mol. The summed E-state index contributed by atoms with van der Waals surface area (Å²) in [5.74, 6) is 0.403. The SMILES string of the molecule is CCOC(=O)C1=C(C)NC(=S)NC1c1ccc(OC(=O)CCC(C)C)c(OC)c1. The zero-order valence-corrected chi connectivity index (χ0v) is 18.3. The Morgan fingerprint density at radius 1 is 1.24 bits per heavy atom. The van der Waals surface area contributed by atoms with Crippen molar-refractivity contribution in [2.24, 2.45) is 5.92 Å². The minimum atomic E-state index is -0.512. The number of carbonyl (C=O) groups excluding carboxylic acids is 2. The van der Waals surface area contributed by atoms with Crippen LogP contribution in [0.2, 0.25) is 0 Å². The van der Waals surface area contributed by atoms with Gasteiger partial charge in [-0.2, -0.15) is 0 Å². The molecule has 0 radical (unpaired) electrons. The number of nitrogens with one attached hydrogen (secondary N) is 2. The maximum atomic E-state index is 12.5. The number of ether oxygens (including phenoxy) is 3. The number of hydrogen-bond acceptors (Lipinski definition) is 6. The molecule has 1 aromatic carbocycles. The number of allylic oxidation sites excluding steroid dienone is 1. The lowest BCUT2D eigenvalue weighted by molar-refractivity contribution is -0.139. The molecule has 0 saturated heterocycles. The van der Waals surface area contributed by atoms with Gasteiger partial charge < -0.3 is 24.8 Å². The summed E-state index contributed by atoms with van der Waals surface area (Å²) in [6.07, 6.45) is 1.09. The normalized spacial score (nSPS) is 16.2. The molecule has 2 N–H and O–H groups in total. The lowest BCUT2D eigenvalue weighted by atomic mass is 9.95. The third-order valence-corrected chi connectivity index (χ3v) is 4.66. The molecule has 0 fully saturated rings. The van der Waals surface area contributed by atoms with Gasteiger partial charge in [-0.1, -0.05) is 19.9 Å². The molecule has 1 aliphatic rings. The number of carbonyl (C=O) groups is 2. The molecule has 0 amide bonds. The van der Waals surface area contributed by atoms with E-state index in [0.717, 1.165) is 12.0 Å². The van der Waals surface area contributed by atoms with Crippen molar-refractivity contribution >= 4 is 29.3 Å². The number of thiocarbonyl (C=S) groups is 1. The van der Waals surface area contributed by atoms with E-state index in [9.17, 15) is 9.59 Å². The molecule has 0 aromatic heterocycles. The lowest BCUT2D eigenvalue weighted by Gasteiger charge is -2.30. The van der Waals surface area contributed by atoms with Crippen molar-refractivity contribution in [3.63, 3.8) is 0 Å². The van der Waals surface area contributed by atoms with Crippen LogP contribution in [0.25, 0.3) is 0 Å². The van der Waals surface area contributed by atoms with Crippen LogP contribution in [-0.4, -0.2) is 30.8 Å². The van der Waals surface area contributed by atoms with Crippen molar-refractivity contribution in [3.8, 4) is 11.5 Å². The van der Waals surface area contributed by atoms with Crippen molar-refractivity contribution in [1.29, 1.82) is 0 Å². The molecule has 0 bridgehead atoms. The van der Waals surface area contributed by atoms with E-state index in [1.165, 1.54) is 7.11 Å². The van der Waals surface area contributed by atoms with Crippen molar-refractivity contribution in [2.45, 2.75) is 46.6 Å². The van der Waals surface area contributed by atoms with Gasteiger partial charge in [-0.05, 0) is 56.1 Å². The van der Waals surface area contributed by atoms with Gasteiger partial charge >= 0.3 is 11.9 Å². The molecule has 158 valence electrons. The third-order valence-electron chi connectivity index (χ3n) is 4.44. The summed E-state index contributed by atoms with van der Waals surface area (Å²) in [7, 11) is 1.50. The van der Waals surface area contributed by atoms with Crippen molar-refractivity contribution < 1.29 is 23.8 Å². The van der Waals surface area contributed by atoms with Crippen LogP contribution in [0.1, 0.15) is 52.1 Å². The first kappa shape index (κ1) is 22.7. The Balaban J connectivity index is 2.31. The molecular formula is C21H28N2O5S. The van der Waals surface area contributed by atoms with Crippen LogP contribution in [-0.2, 0) is 14.3 Å². The molecule has 1 aromatic rings. The maximum absolute atomic E-state index is 12.5. The van der Waals surface area contributed by atoms with Crippen LogP contribution in [0.5, 0.6) is 11.5 Å². The lowest BCUT2D eigenvalue weighted by Crippen LogP contribution is -2.45. The molecule has 1 atom stereocenters. The van der Waals surface area contributed by atoms with Crippen LogP contribution in [0.4, 0.5) is 0 Å². The van der Waals surface area contributed by atoms with Crippen molar-refractivity contribution in [2.75, 3.05) is 13.7 Å². The van der Waals surface area contributed by atoms with Gasteiger partial charge in [-0.15, -0.1) is 0 Å². The summed E-state index contributed by atoms with van der Waals surface area (Å²) in [6.45, 7) is 7.89. The highest BCUT2D eigenvalue weighted by Crippen LogP contribution is 2.34. The Bertz CT molecular complexity index is 819. The van der Waals surface area contributed by atoms with Crippen LogP contribution < -0.4 is 20.1 Å². The van der Waals surface area contributed by atoms with Gasteiger partial charge in [0.15, 0.2) is 16.6 Å². The zero-order valence-electron chi connectivity index (χ0n) is 17.5. The van der Waals surface area contributed by atoms with E-state index in [4.69, 9.17) is 26.4 Å². The van der Waals surface area contributed by atoms with Gasteiger partial charge in [0.05, 0.1) is 25.3 Å². The molecule has 0 saturated carbocycles. The Kier molecular flexibility index (Phi) is 8.01. The van der Waals surface area contributed by atoms with Gasteiger partial charge in [0.2, 0.25) is 0 Å². The quantitative estimate of drug-likeness (QED) is 0.376. The standard InChI is InChI=1S/C21H28N2O5S/c1-6-27-20(25)18-13(4)22-21(29)23-19(18)14-8-9-15(16(11-14)26-5)28-17(24)10-7-12(2)3/h8-9,11-12,19H,6-7,10H2,1-5H3,(H2,22,23,29). The zero-order chi connectivity index (χ0) is 21.6. The minimum absolute atomic E-state index is 0.265. The van der Waals surface area contributed by atoms with Crippen LogP contribution in [0.3, 0.4) is 0 Å². The first-order valence-corrected chi connectivity index (χ1v) is 10.0. The first-order valence-electron chi connectivity index (χ1n) is 9.60. The number of methoxy groups -OCH3 is 1. The largest absolute Gasteiger partial charge is 0.493 e. The Labute approximate surface area is 176 Å². The van der Waals surface area contributed by atoms with Crippen LogP contribution in [0.15, 0.2) is 29.5 Å². The fraction of sp³-hybridized carbons (Fsp3) is 0.476. The predicted octanol–water partition coefficient (Wildman–Crippen LogP) is 3.39. The average molecular weight is 421 g/mol. The average Bonchev–Trinajstić information content (AvgIpc) is 2.66. The summed E-state index contributed by atoms with van der Waals surface area (Å²) >= 11 is 5.25. The van der Waals surface area contributed by atoms with Gasteiger partial charge in [0.1, 0.15) is 0 Å². The fourth-order valence-corrected chi connectivity index (χ4v) is 3.22. The monoisotopic (exact) mass is 420 g/mol. The second-order valence-corrected chi connectivity index (χ2v) is 7.52. The number of benzene rings is 1. The van der Waals surface area contributed by atoms with E-state index < -0.39 is 12.0 Å². The predicted molar refractivity (Wildman–Crippen MR) is 114 cm³/mol. The van der Waals surface area contributed by atoms with Gasteiger partial charge in [0, 0.05) is 12.1 Å². The fourth-order valence-electron chi connectivity index (χ4n) is 2.95. The molecule has 1 heterocycles. The van der Waals surface area contributed by atoms with E-state index >= 15 is 0 Å². The first-order chi connectivity index (χ1) is 13.8. The molecule has 0 aliphatic carbocycles. The van der Waals surface area contributed by atoms with E-state index in [-0.39, 0.29) is 12.6 Å². The topological polar surface area (TPSA) is 85.9 Å². The van der Waals surface area contributed by atoms with E-state index in [2.05, 4.69) is 24.5 Å². The van der Waals surface area contributed by atoms with E-state index in [0.29, 0.717) is 40.2 Å². The molecule has 1 aliphatic heterocycles. The van der Waals surface area contributed by atoms with E-state index in [1.807, 2.05) is 0 Å². The van der Waals surface area contributed by atoms with Crippen molar-refractivity contribution in [3.05, 3.63) is 35.0 Å². The van der Waals surface area contributed by atoms with Crippen molar-refractivity contribution in [1.82, 2.24) is 10.6 Å². The molecule has 7 nitrogen and oxygen atoms in total. The molecule has 2 rings (SSSR count). The summed E-state index contributed by atoms with van der Waals surface area (Å²) in [4.78, 5) is 24.6. The Morgan fingerprint density at radius 3 is 2.59 bits per heavy atom. The third kappa shape index (κ3) is 5.93. The van der Waals surface area contributed by atoms with Gasteiger partial charge in [-0.25, -0.2) is 4.79 Å². The number of esters is 2. The molecule has 0 spiro atoms.